The molecule has 2 aliphatic heterocycles. The van der Waals surface area contributed by atoms with E-state index in [1.54, 1.807) is 11.4 Å². The van der Waals surface area contributed by atoms with Crippen molar-refractivity contribution in [1.29, 1.82) is 0 Å². The first kappa shape index (κ1) is 24.7. The van der Waals surface area contributed by atoms with Gasteiger partial charge in [0.1, 0.15) is 5.75 Å². The van der Waals surface area contributed by atoms with Crippen LogP contribution in [0.15, 0.2) is 35.2 Å². The van der Waals surface area contributed by atoms with Gasteiger partial charge < -0.3 is 9.64 Å². The van der Waals surface area contributed by atoms with Gasteiger partial charge in [-0.1, -0.05) is 18.2 Å². The van der Waals surface area contributed by atoms with Crippen molar-refractivity contribution in [1.82, 2.24) is 9.21 Å². The molecule has 2 fully saturated rings. The van der Waals surface area contributed by atoms with Crippen molar-refractivity contribution in [3.05, 3.63) is 58.1 Å². The minimum absolute atomic E-state index is 0.0601. The van der Waals surface area contributed by atoms with Gasteiger partial charge in [0.2, 0.25) is 15.9 Å². The van der Waals surface area contributed by atoms with Crippen LogP contribution < -0.4 is 4.74 Å². The summed E-state index contributed by atoms with van der Waals surface area (Å²) in [7, 11) is -1.95. The molecule has 2 aromatic carbocycles. The lowest BCUT2D eigenvalue weighted by atomic mass is 9.95. The highest BCUT2D eigenvalue weighted by Gasteiger charge is 2.38. The molecule has 2 aliphatic rings. The highest BCUT2D eigenvalue weighted by Crippen LogP contribution is 2.37. The standard InChI is InChI=1S/C27H36N2O4S/c1-18-16-19(2)21(4)26(20(18)3)34(31,32)28-14-11-22(12-15-28)27(30)29-13-7-10-25(29)23-8-6-9-24(17-23)33-5/h6,8-9,16-17,22,25H,7,10-15H2,1-5H3/t25-/m1/s1. The van der Waals surface area contributed by atoms with E-state index in [-0.39, 0.29) is 17.9 Å². The Labute approximate surface area is 204 Å². The van der Waals surface area contributed by atoms with E-state index >= 15 is 0 Å². The molecule has 0 bridgehead atoms. The van der Waals surface area contributed by atoms with E-state index in [9.17, 15) is 13.2 Å². The summed E-state index contributed by atoms with van der Waals surface area (Å²) < 4.78 is 34.1. The van der Waals surface area contributed by atoms with E-state index in [1.807, 2.05) is 56.9 Å². The van der Waals surface area contributed by atoms with Gasteiger partial charge in [0.15, 0.2) is 0 Å². The molecule has 0 unspecified atom stereocenters. The Morgan fingerprint density at radius 1 is 0.941 bits per heavy atom. The number of aryl methyl sites for hydroxylation is 2. The number of amides is 1. The SMILES string of the molecule is COc1cccc([C@H]2CCCN2C(=O)C2CCN(S(=O)(=O)c3c(C)c(C)cc(C)c3C)CC2)c1. The Morgan fingerprint density at radius 3 is 2.21 bits per heavy atom. The quantitative estimate of drug-likeness (QED) is 0.617. The van der Waals surface area contributed by atoms with E-state index in [1.165, 1.54) is 0 Å². The highest BCUT2D eigenvalue weighted by molar-refractivity contribution is 7.89. The van der Waals surface area contributed by atoms with Crippen molar-refractivity contribution in [2.75, 3.05) is 26.7 Å². The van der Waals surface area contributed by atoms with E-state index in [0.29, 0.717) is 30.8 Å². The third kappa shape index (κ3) is 4.48. The van der Waals surface area contributed by atoms with Crippen LogP contribution in [-0.2, 0) is 14.8 Å². The maximum absolute atomic E-state index is 13.6. The number of nitrogens with zero attached hydrogens (tertiary/aromatic N) is 2. The molecule has 2 aromatic rings. The number of carbonyl (C=O) groups is 1. The predicted molar refractivity (Wildman–Crippen MR) is 134 cm³/mol. The normalized spacial score (nSPS) is 20.0. The molecule has 34 heavy (non-hydrogen) atoms. The van der Waals surface area contributed by atoms with Gasteiger partial charge in [0, 0.05) is 25.6 Å². The molecule has 2 heterocycles. The fourth-order valence-electron chi connectivity index (χ4n) is 5.50. The second-order valence-electron chi connectivity index (χ2n) is 9.73. The van der Waals surface area contributed by atoms with Crippen molar-refractivity contribution in [3.63, 3.8) is 0 Å². The molecule has 2 saturated heterocycles. The minimum atomic E-state index is -3.60. The Kier molecular flexibility index (Phi) is 7.06. The molecule has 6 nitrogen and oxygen atoms in total. The number of carbonyl (C=O) groups excluding carboxylic acids is 1. The Bertz CT molecular complexity index is 1160. The topological polar surface area (TPSA) is 66.9 Å². The predicted octanol–water partition coefficient (Wildman–Crippen LogP) is 4.69. The van der Waals surface area contributed by atoms with Crippen molar-refractivity contribution in [3.8, 4) is 5.75 Å². The summed E-state index contributed by atoms with van der Waals surface area (Å²) >= 11 is 0. The van der Waals surface area contributed by atoms with Crippen LogP contribution in [0.4, 0.5) is 0 Å². The van der Waals surface area contributed by atoms with Gasteiger partial charge in [-0.3, -0.25) is 4.79 Å². The van der Waals surface area contributed by atoms with Crippen molar-refractivity contribution in [2.45, 2.75) is 64.3 Å². The summed E-state index contributed by atoms with van der Waals surface area (Å²) in [5.41, 5.74) is 4.72. The number of hydrogen-bond donors (Lipinski definition) is 0. The number of hydrogen-bond acceptors (Lipinski definition) is 4. The fourth-order valence-corrected chi connectivity index (χ4v) is 7.55. The summed E-state index contributed by atoms with van der Waals surface area (Å²) in [6, 6.07) is 10.1. The third-order valence-electron chi connectivity index (χ3n) is 7.71. The molecule has 1 atom stereocenters. The van der Waals surface area contributed by atoms with Crippen LogP contribution in [0.2, 0.25) is 0 Å². The number of likely N-dealkylation sites (tertiary alicyclic amines) is 1. The molecule has 0 spiro atoms. The zero-order valence-electron chi connectivity index (χ0n) is 20.9. The molecule has 0 aliphatic carbocycles. The van der Waals surface area contributed by atoms with Crippen LogP contribution in [0.25, 0.3) is 0 Å². The van der Waals surface area contributed by atoms with E-state index in [0.717, 1.165) is 53.0 Å². The first-order valence-corrected chi connectivity index (χ1v) is 13.6. The Morgan fingerprint density at radius 2 is 1.59 bits per heavy atom. The number of rotatable bonds is 5. The maximum atomic E-state index is 13.6. The smallest absolute Gasteiger partial charge is 0.243 e. The number of ether oxygens (including phenoxy) is 1. The van der Waals surface area contributed by atoms with Crippen molar-refractivity contribution in [2.24, 2.45) is 5.92 Å². The monoisotopic (exact) mass is 484 g/mol. The lowest BCUT2D eigenvalue weighted by Crippen LogP contribution is -2.44. The van der Waals surface area contributed by atoms with Crippen LogP contribution in [0.5, 0.6) is 5.75 Å². The molecule has 7 heteroatoms. The number of sulfonamides is 1. The van der Waals surface area contributed by atoms with Gasteiger partial charge in [-0.15, -0.1) is 0 Å². The fraction of sp³-hybridized carbons (Fsp3) is 0.519. The average molecular weight is 485 g/mol. The van der Waals surface area contributed by atoms with Gasteiger partial charge >= 0.3 is 0 Å². The van der Waals surface area contributed by atoms with Gasteiger partial charge in [-0.25, -0.2) is 8.42 Å². The van der Waals surface area contributed by atoms with Gasteiger partial charge in [-0.2, -0.15) is 4.31 Å². The second kappa shape index (κ2) is 9.70. The lowest BCUT2D eigenvalue weighted by molar-refractivity contribution is -0.137. The number of benzene rings is 2. The second-order valence-corrected chi connectivity index (χ2v) is 11.6. The molecule has 0 aromatic heterocycles. The molecule has 0 radical (unpaired) electrons. The van der Waals surface area contributed by atoms with Crippen molar-refractivity contribution < 1.29 is 17.9 Å². The van der Waals surface area contributed by atoms with Crippen LogP contribution in [-0.4, -0.2) is 50.3 Å². The molecule has 0 N–H and O–H groups in total. The summed E-state index contributed by atoms with van der Waals surface area (Å²) in [6.45, 7) is 9.19. The summed E-state index contributed by atoms with van der Waals surface area (Å²) in [4.78, 5) is 15.9. The lowest BCUT2D eigenvalue weighted by Gasteiger charge is -2.35. The van der Waals surface area contributed by atoms with Gasteiger partial charge in [0.05, 0.1) is 18.0 Å². The first-order valence-electron chi connectivity index (χ1n) is 12.2. The Balaban J connectivity index is 1.48. The van der Waals surface area contributed by atoms with Crippen LogP contribution in [0.1, 0.15) is 59.5 Å². The zero-order chi connectivity index (χ0) is 24.6. The highest BCUT2D eigenvalue weighted by atomic mass is 32.2. The summed E-state index contributed by atoms with van der Waals surface area (Å²) in [6.07, 6.45) is 3.04. The number of methoxy groups -OCH3 is 1. The molecule has 4 rings (SSSR count). The van der Waals surface area contributed by atoms with Gasteiger partial charge in [-0.05, 0) is 93.3 Å². The Hall–Kier alpha value is -2.38. The molecular weight excluding hydrogens is 448 g/mol. The van der Waals surface area contributed by atoms with Gasteiger partial charge in [0.25, 0.3) is 0 Å². The third-order valence-corrected chi connectivity index (χ3v) is 9.89. The maximum Gasteiger partial charge on any atom is 0.243 e. The molecule has 1 amide bonds. The van der Waals surface area contributed by atoms with Crippen LogP contribution in [0, 0.1) is 33.6 Å². The largest absolute Gasteiger partial charge is 0.497 e. The minimum Gasteiger partial charge on any atom is -0.497 e. The van der Waals surface area contributed by atoms with Crippen LogP contribution in [0.3, 0.4) is 0 Å². The summed E-state index contributed by atoms with van der Waals surface area (Å²) in [5.74, 6) is 0.813. The molecule has 0 saturated carbocycles. The van der Waals surface area contributed by atoms with E-state index in [2.05, 4.69) is 6.07 Å². The molecular formula is C27H36N2O4S. The summed E-state index contributed by atoms with van der Waals surface area (Å²) in [5, 5.41) is 0. The van der Waals surface area contributed by atoms with Crippen molar-refractivity contribution >= 4 is 15.9 Å². The number of piperidine rings is 1. The van der Waals surface area contributed by atoms with E-state index < -0.39 is 10.0 Å². The van der Waals surface area contributed by atoms with E-state index in [4.69, 9.17) is 4.74 Å². The van der Waals surface area contributed by atoms with Crippen LogP contribution >= 0.6 is 0 Å². The average Bonchev–Trinajstić information content (AvgIpc) is 3.32. The molecule has 184 valence electrons. The first-order chi connectivity index (χ1) is 16.1. The zero-order valence-corrected chi connectivity index (χ0v) is 21.7.